The minimum Gasteiger partial charge on any atom is -0.495 e. The number of hydrogen-bond acceptors (Lipinski definition) is 4. The second-order valence-electron chi connectivity index (χ2n) is 3.96. The summed E-state index contributed by atoms with van der Waals surface area (Å²) in [6.07, 6.45) is 0. The van der Waals surface area contributed by atoms with Crippen LogP contribution in [0.1, 0.15) is 5.56 Å². The van der Waals surface area contributed by atoms with E-state index in [9.17, 15) is 0 Å². The third-order valence-corrected chi connectivity index (χ3v) is 2.53. The summed E-state index contributed by atoms with van der Waals surface area (Å²) in [6, 6.07) is 13.2. The molecule has 0 aliphatic carbocycles. The number of aryl methyl sites for hydroxylation is 1. The van der Waals surface area contributed by atoms with Crippen LogP contribution < -0.4 is 10.5 Å². The molecule has 0 fully saturated rings. The molecule has 0 aliphatic rings. The van der Waals surface area contributed by atoms with Gasteiger partial charge in [0.05, 0.1) is 24.2 Å². The van der Waals surface area contributed by atoms with E-state index < -0.39 is 0 Å². The lowest BCUT2D eigenvalue weighted by Crippen LogP contribution is -1.90. The van der Waals surface area contributed by atoms with Crippen LogP contribution in [0, 0.1) is 6.92 Å². The quantitative estimate of drug-likeness (QED) is 0.652. The van der Waals surface area contributed by atoms with Gasteiger partial charge < -0.3 is 10.5 Å². The molecule has 2 aromatic rings. The number of benzene rings is 2. The van der Waals surface area contributed by atoms with Crippen molar-refractivity contribution in [2.45, 2.75) is 6.92 Å². The summed E-state index contributed by atoms with van der Waals surface area (Å²) in [5.41, 5.74) is 9.04. The first kappa shape index (κ1) is 12.1. The Kier molecular flexibility index (Phi) is 3.57. The van der Waals surface area contributed by atoms with Crippen molar-refractivity contribution in [2.24, 2.45) is 10.2 Å². The van der Waals surface area contributed by atoms with E-state index in [2.05, 4.69) is 10.2 Å². The smallest absolute Gasteiger partial charge is 0.143 e. The number of methoxy groups -OCH3 is 1. The zero-order valence-corrected chi connectivity index (χ0v) is 10.4. The lowest BCUT2D eigenvalue weighted by Gasteiger charge is -2.03. The molecule has 2 rings (SSSR count). The molecule has 0 amide bonds. The van der Waals surface area contributed by atoms with Gasteiger partial charge in [-0.3, -0.25) is 0 Å². The van der Waals surface area contributed by atoms with E-state index in [4.69, 9.17) is 10.5 Å². The first-order valence-electron chi connectivity index (χ1n) is 5.61. The molecule has 0 atom stereocenters. The van der Waals surface area contributed by atoms with Crippen molar-refractivity contribution < 1.29 is 4.74 Å². The Hall–Kier alpha value is -2.36. The maximum absolute atomic E-state index is 5.73. The van der Waals surface area contributed by atoms with E-state index in [0.29, 0.717) is 17.1 Å². The fraction of sp³-hybridized carbons (Fsp3) is 0.143. The average molecular weight is 241 g/mol. The average Bonchev–Trinajstić information content (AvgIpc) is 2.39. The van der Waals surface area contributed by atoms with E-state index in [1.807, 2.05) is 31.2 Å². The Morgan fingerprint density at radius 3 is 2.22 bits per heavy atom. The topological polar surface area (TPSA) is 60.0 Å². The van der Waals surface area contributed by atoms with Crippen molar-refractivity contribution in [1.29, 1.82) is 0 Å². The van der Waals surface area contributed by atoms with E-state index >= 15 is 0 Å². The second-order valence-corrected chi connectivity index (χ2v) is 3.96. The van der Waals surface area contributed by atoms with Crippen LogP contribution in [0.4, 0.5) is 17.1 Å². The number of nitrogen functional groups attached to an aromatic ring is 1. The van der Waals surface area contributed by atoms with E-state index in [0.717, 1.165) is 5.69 Å². The zero-order chi connectivity index (χ0) is 13.0. The van der Waals surface area contributed by atoms with Gasteiger partial charge in [-0.25, -0.2) is 0 Å². The molecule has 4 nitrogen and oxygen atoms in total. The van der Waals surface area contributed by atoms with Crippen LogP contribution in [0.5, 0.6) is 5.75 Å². The standard InChI is InChI=1S/C14H15N3O/c1-10-3-5-11(6-4-10)16-17-12-7-8-13(15)14(9-12)18-2/h3-9H,15H2,1-2H3. The van der Waals surface area contributed by atoms with Crippen LogP contribution in [0.25, 0.3) is 0 Å². The Balaban J connectivity index is 2.20. The van der Waals surface area contributed by atoms with E-state index in [-0.39, 0.29) is 0 Å². The fourth-order valence-electron chi connectivity index (χ4n) is 1.49. The number of rotatable bonds is 3. The summed E-state index contributed by atoms with van der Waals surface area (Å²) >= 11 is 0. The third-order valence-electron chi connectivity index (χ3n) is 2.53. The maximum atomic E-state index is 5.73. The minimum atomic E-state index is 0.590. The van der Waals surface area contributed by atoms with Crippen LogP contribution >= 0.6 is 0 Å². The Bertz CT molecular complexity index is 562. The summed E-state index contributed by atoms with van der Waals surface area (Å²) in [4.78, 5) is 0. The van der Waals surface area contributed by atoms with Gasteiger partial charge in [-0.05, 0) is 31.2 Å². The van der Waals surface area contributed by atoms with Gasteiger partial charge in [0.15, 0.2) is 0 Å². The zero-order valence-electron chi connectivity index (χ0n) is 10.4. The molecule has 2 N–H and O–H groups in total. The molecule has 0 unspecified atom stereocenters. The molecule has 0 aliphatic heterocycles. The Morgan fingerprint density at radius 1 is 0.944 bits per heavy atom. The van der Waals surface area contributed by atoms with Crippen molar-refractivity contribution in [2.75, 3.05) is 12.8 Å². The van der Waals surface area contributed by atoms with Crippen molar-refractivity contribution in [3.8, 4) is 5.75 Å². The van der Waals surface area contributed by atoms with Crippen LogP contribution in [0.2, 0.25) is 0 Å². The molecule has 18 heavy (non-hydrogen) atoms. The van der Waals surface area contributed by atoms with Crippen LogP contribution in [0.3, 0.4) is 0 Å². The summed E-state index contributed by atoms with van der Waals surface area (Å²) in [5.74, 6) is 0.607. The van der Waals surface area contributed by atoms with Gasteiger partial charge in [0.25, 0.3) is 0 Å². The molecule has 0 heterocycles. The summed E-state index contributed by atoms with van der Waals surface area (Å²) in [7, 11) is 1.58. The number of azo groups is 1. The van der Waals surface area contributed by atoms with Gasteiger partial charge in [0.1, 0.15) is 5.75 Å². The molecule has 92 valence electrons. The number of nitrogens with two attached hydrogens (primary N) is 1. The first-order valence-corrected chi connectivity index (χ1v) is 5.61. The molecule has 0 radical (unpaired) electrons. The molecule has 0 saturated carbocycles. The highest BCUT2D eigenvalue weighted by Gasteiger charge is 1.99. The normalized spacial score (nSPS) is 10.8. The number of anilines is 1. The summed E-state index contributed by atoms with van der Waals surface area (Å²) < 4.78 is 5.13. The molecule has 2 aromatic carbocycles. The van der Waals surface area contributed by atoms with Crippen molar-refractivity contribution in [3.63, 3.8) is 0 Å². The molecule has 0 aromatic heterocycles. The first-order chi connectivity index (χ1) is 8.69. The fourth-order valence-corrected chi connectivity index (χ4v) is 1.49. The largest absolute Gasteiger partial charge is 0.495 e. The van der Waals surface area contributed by atoms with Crippen LogP contribution in [-0.2, 0) is 0 Å². The number of nitrogens with zero attached hydrogens (tertiary/aromatic N) is 2. The minimum absolute atomic E-state index is 0.590. The van der Waals surface area contributed by atoms with Crippen LogP contribution in [-0.4, -0.2) is 7.11 Å². The maximum Gasteiger partial charge on any atom is 0.143 e. The van der Waals surface area contributed by atoms with Crippen molar-refractivity contribution in [3.05, 3.63) is 48.0 Å². The molecular weight excluding hydrogens is 226 g/mol. The molecule has 0 spiro atoms. The second kappa shape index (κ2) is 5.31. The lowest BCUT2D eigenvalue weighted by atomic mass is 10.2. The SMILES string of the molecule is COc1cc(N=Nc2ccc(C)cc2)ccc1N. The van der Waals surface area contributed by atoms with E-state index in [1.165, 1.54) is 5.56 Å². The van der Waals surface area contributed by atoms with Gasteiger partial charge in [-0.2, -0.15) is 10.2 Å². The third kappa shape index (κ3) is 2.85. The monoisotopic (exact) mass is 241 g/mol. The summed E-state index contributed by atoms with van der Waals surface area (Å²) in [5, 5.41) is 8.30. The van der Waals surface area contributed by atoms with Crippen molar-refractivity contribution in [1.82, 2.24) is 0 Å². The lowest BCUT2D eigenvalue weighted by molar-refractivity contribution is 0.417. The molecule has 0 bridgehead atoms. The highest BCUT2D eigenvalue weighted by Crippen LogP contribution is 2.27. The van der Waals surface area contributed by atoms with Gasteiger partial charge in [0.2, 0.25) is 0 Å². The Morgan fingerprint density at radius 2 is 1.56 bits per heavy atom. The molecule has 0 saturated heterocycles. The highest BCUT2D eigenvalue weighted by atomic mass is 16.5. The van der Waals surface area contributed by atoms with Gasteiger partial charge in [-0.1, -0.05) is 17.7 Å². The number of hydrogen-bond donors (Lipinski definition) is 1. The number of ether oxygens (including phenoxy) is 1. The summed E-state index contributed by atoms with van der Waals surface area (Å²) in [6.45, 7) is 2.03. The Labute approximate surface area is 106 Å². The van der Waals surface area contributed by atoms with E-state index in [1.54, 1.807) is 25.3 Å². The molecular formula is C14H15N3O. The van der Waals surface area contributed by atoms with Gasteiger partial charge in [-0.15, -0.1) is 0 Å². The molecule has 4 heteroatoms. The predicted molar refractivity (Wildman–Crippen MR) is 72.8 cm³/mol. The highest BCUT2D eigenvalue weighted by molar-refractivity contribution is 5.59. The van der Waals surface area contributed by atoms with Crippen molar-refractivity contribution >= 4 is 17.1 Å². The van der Waals surface area contributed by atoms with Gasteiger partial charge in [0, 0.05) is 6.07 Å². The van der Waals surface area contributed by atoms with Crippen LogP contribution in [0.15, 0.2) is 52.7 Å². The predicted octanol–water partition coefficient (Wildman–Crippen LogP) is 4.00. The van der Waals surface area contributed by atoms with Gasteiger partial charge >= 0.3 is 0 Å².